The Bertz CT molecular complexity index is 1220. The molecule has 4 rings (SSSR count). The first-order valence-corrected chi connectivity index (χ1v) is 11.3. The van der Waals surface area contributed by atoms with Gasteiger partial charge in [0.1, 0.15) is 5.82 Å². The van der Waals surface area contributed by atoms with Crippen LogP contribution in [0.25, 0.3) is 0 Å². The molecular formula is C26H25FN4O5. The minimum absolute atomic E-state index is 0.00525. The lowest BCUT2D eigenvalue weighted by Gasteiger charge is -2.24. The average molecular weight is 493 g/mol. The average Bonchev–Trinajstić information content (AvgIpc) is 3.21. The van der Waals surface area contributed by atoms with E-state index in [1.165, 1.54) is 36.4 Å². The number of carbonyl (C=O) groups is 3. The molecule has 3 amide bonds. The highest BCUT2D eigenvalue weighted by Gasteiger charge is 2.46. The molecule has 2 heterocycles. The van der Waals surface area contributed by atoms with Gasteiger partial charge in [-0.15, -0.1) is 0 Å². The molecule has 1 aliphatic rings. The molecule has 1 fully saturated rings. The maximum absolute atomic E-state index is 13.7. The molecule has 186 valence electrons. The van der Waals surface area contributed by atoms with Gasteiger partial charge in [-0.05, 0) is 47.5 Å². The van der Waals surface area contributed by atoms with Crippen molar-refractivity contribution < 1.29 is 28.2 Å². The number of nitrogens with one attached hydrogen (secondary N) is 2. The molecule has 1 aliphatic heterocycles. The van der Waals surface area contributed by atoms with Crippen molar-refractivity contribution in [3.8, 4) is 0 Å². The number of methoxy groups -OCH3 is 1. The van der Waals surface area contributed by atoms with Crippen LogP contribution in [0.3, 0.4) is 0 Å². The molecule has 3 aromatic rings. The Morgan fingerprint density at radius 1 is 1.14 bits per heavy atom. The van der Waals surface area contributed by atoms with Crippen molar-refractivity contribution in [3.63, 3.8) is 0 Å². The van der Waals surface area contributed by atoms with Gasteiger partial charge in [0.2, 0.25) is 5.91 Å². The zero-order valence-electron chi connectivity index (χ0n) is 19.5. The van der Waals surface area contributed by atoms with E-state index in [0.29, 0.717) is 29.0 Å². The van der Waals surface area contributed by atoms with Gasteiger partial charge >= 0.3 is 6.09 Å². The molecule has 1 aromatic heterocycles. The Labute approximate surface area is 207 Å². The summed E-state index contributed by atoms with van der Waals surface area (Å²) in [4.78, 5) is 43.5. The summed E-state index contributed by atoms with van der Waals surface area (Å²) in [7, 11) is 1.52. The molecule has 0 aliphatic carbocycles. The molecule has 2 N–H and O–H groups in total. The Hall–Kier alpha value is -4.31. The lowest BCUT2D eigenvalue weighted by molar-refractivity contribution is -0.126. The lowest BCUT2D eigenvalue weighted by Crippen LogP contribution is -2.47. The second kappa shape index (κ2) is 11.4. The van der Waals surface area contributed by atoms with Gasteiger partial charge in [-0.1, -0.05) is 24.3 Å². The lowest BCUT2D eigenvalue weighted by atomic mass is 10.00. The van der Waals surface area contributed by atoms with Crippen molar-refractivity contribution in [2.24, 2.45) is 0 Å². The largest absolute Gasteiger partial charge is 0.438 e. The fourth-order valence-corrected chi connectivity index (χ4v) is 3.88. The number of pyridine rings is 1. The number of nitrogens with zero attached hydrogens (tertiary/aromatic N) is 2. The minimum Gasteiger partial charge on any atom is -0.438 e. The third-order valence-electron chi connectivity index (χ3n) is 5.62. The Balaban J connectivity index is 1.54. The summed E-state index contributed by atoms with van der Waals surface area (Å²) in [5.41, 5.74) is 2.02. The normalized spacial score (nSPS) is 16.9. The number of cyclic esters (lactones) is 1. The fourth-order valence-electron chi connectivity index (χ4n) is 3.88. The van der Waals surface area contributed by atoms with Crippen molar-refractivity contribution in [1.82, 2.24) is 15.2 Å². The van der Waals surface area contributed by atoms with Crippen molar-refractivity contribution >= 4 is 23.6 Å². The van der Waals surface area contributed by atoms with Crippen LogP contribution in [0.4, 0.5) is 14.9 Å². The zero-order chi connectivity index (χ0) is 25.5. The number of anilines is 1. The van der Waals surface area contributed by atoms with Crippen LogP contribution in [-0.2, 0) is 20.8 Å². The monoisotopic (exact) mass is 492 g/mol. The Kier molecular flexibility index (Phi) is 7.86. The molecular weight excluding hydrogens is 467 g/mol. The van der Waals surface area contributed by atoms with Gasteiger partial charge in [-0.3, -0.25) is 19.5 Å². The van der Waals surface area contributed by atoms with Crippen molar-refractivity contribution in [2.75, 3.05) is 25.6 Å². The Morgan fingerprint density at radius 2 is 1.94 bits per heavy atom. The van der Waals surface area contributed by atoms with Crippen LogP contribution < -0.4 is 10.6 Å². The van der Waals surface area contributed by atoms with E-state index in [4.69, 9.17) is 9.47 Å². The van der Waals surface area contributed by atoms with Gasteiger partial charge in [0.25, 0.3) is 5.91 Å². The number of carbonyl (C=O) groups excluding carboxylic acids is 3. The van der Waals surface area contributed by atoms with Crippen LogP contribution >= 0.6 is 0 Å². The summed E-state index contributed by atoms with van der Waals surface area (Å²) in [6.07, 6.45) is 1.44. The van der Waals surface area contributed by atoms with E-state index in [2.05, 4.69) is 15.6 Å². The summed E-state index contributed by atoms with van der Waals surface area (Å²) < 4.78 is 24.3. The van der Waals surface area contributed by atoms with Gasteiger partial charge in [0.05, 0.1) is 18.7 Å². The molecule has 0 saturated carbocycles. The predicted molar refractivity (Wildman–Crippen MR) is 128 cm³/mol. The second-order valence-corrected chi connectivity index (χ2v) is 8.11. The summed E-state index contributed by atoms with van der Waals surface area (Å²) >= 11 is 0. The van der Waals surface area contributed by atoms with Gasteiger partial charge in [-0.2, -0.15) is 0 Å². The molecule has 36 heavy (non-hydrogen) atoms. The van der Waals surface area contributed by atoms with E-state index in [0.717, 1.165) is 0 Å². The first kappa shape index (κ1) is 24.8. The number of benzene rings is 2. The number of halogens is 1. The summed E-state index contributed by atoms with van der Waals surface area (Å²) in [5, 5.41) is 5.53. The van der Waals surface area contributed by atoms with Crippen LogP contribution in [0.1, 0.15) is 27.6 Å². The standard InChI is InChI=1S/C26H25FN4O5/c1-35-13-12-29-25(33)22-23(36-26(34)31(22)16-17-4-2-6-20(27)14-17)18-7-9-21(10-8-18)30-24(32)19-5-3-11-28-15-19/h2-11,14-15,22-23H,12-13,16H2,1H3,(H,29,33)(H,30,32)/t22-,23+/m1/s1. The first-order chi connectivity index (χ1) is 17.5. The van der Waals surface area contributed by atoms with E-state index in [1.54, 1.807) is 48.7 Å². The minimum atomic E-state index is -0.992. The van der Waals surface area contributed by atoms with Crippen LogP contribution in [0, 0.1) is 5.82 Å². The molecule has 1 saturated heterocycles. The summed E-state index contributed by atoms with van der Waals surface area (Å²) in [6, 6.07) is 14.8. The highest BCUT2D eigenvalue weighted by atomic mass is 19.1. The molecule has 0 unspecified atom stereocenters. The third kappa shape index (κ3) is 5.84. The number of hydrogen-bond donors (Lipinski definition) is 2. The number of ether oxygens (including phenoxy) is 2. The fraction of sp³-hybridized carbons (Fsp3) is 0.231. The van der Waals surface area contributed by atoms with Gasteiger partial charge < -0.3 is 20.1 Å². The number of amides is 3. The zero-order valence-corrected chi connectivity index (χ0v) is 19.5. The van der Waals surface area contributed by atoms with E-state index >= 15 is 0 Å². The summed E-state index contributed by atoms with van der Waals surface area (Å²) in [5.74, 6) is -1.19. The van der Waals surface area contributed by atoms with Crippen molar-refractivity contribution in [3.05, 3.63) is 95.6 Å². The molecule has 0 radical (unpaired) electrons. The molecule has 2 aromatic carbocycles. The molecule has 10 heteroatoms. The van der Waals surface area contributed by atoms with Crippen LogP contribution in [-0.4, -0.2) is 54.1 Å². The number of rotatable bonds is 9. The highest BCUT2D eigenvalue weighted by molar-refractivity contribution is 6.04. The van der Waals surface area contributed by atoms with Crippen LogP contribution in [0.2, 0.25) is 0 Å². The number of hydrogen-bond acceptors (Lipinski definition) is 6. The maximum Gasteiger partial charge on any atom is 0.411 e. The maximum atomic E-state index is 13.7. The SMILES string of the molecule is COCCNC(=O)[C@H]1[C@H](c2ccc(NC(=O)c3cccnc3)cc2)OC(=O)N1Cc1cccc(F)c1. The molecule has 0 spiro atoms. The number of aromatic nitrogens is 1. The Morgan fingerprint density at radius 3 is 2.64 bits per heavy atom. The van der Waals surface area contributed by atoms with Crippen LogP contribution in [0.15, 0.2) is 73.1 Å². The van der Waals surface area contributed by atoms with E-state index in [1.807, 2.05) is 0 Å². The highest BCUT2D eigenvalue weighted by Crippen LogP contribution is 2.34. The van der Waals surface area contributed by atoms with Crippen molar-refractivity contribution in [1.29, 1.82) is 0 Å². The van der Waals surface area contributed by atoms with Crippen LogP contribution in [0.5, 0.6) is 0 Å². The van der Waals surface area contributed by atoms with Gasteiger partial charge in [0.15, 0.2) is 12.1 Å². The van der Waals surface area contributed by atoms with E-state index in [-0.39, 0.29) is 19.0 Å². The predicted octanol–water partition coefficient (Wildman–Crippen LogP) is 3.30. The van der Waals surface area contributed by atoms with Gasteiger partial charge in [-0.25, -0.2) is 9.18 Å². The molecule has 9 nitrogen and oxygen atoms in total. The quantitative estimate of drug-likeness (QED) is 0.444. The van der Waals surface area contributed by atoms with Crippen molar-refractivity contribution in [2.45, 2.75) is 18.7 Å². The topological polar surface area (TPSA) is 110 Å². The van der Waals surface area contributed by atoms with E-state index < -0.39 is 30.0 Å². The summed E-state index contributed by atoms with van der Waals surface area (Å²) in [6.45, 7) is 0.543. The third-order valence-corrected chi connectivity index (χ3v) is 5.62. The second-order valence-electron chi connectivity index (χ2n) is 8.11. The van der Waals surface area contributed by atoms with Gasteiger partial charge in [0, 0.05) is 31.7 Å². The molecule has 0 bridgehead atoms. The van der Waals surface area contributed by atoms with E-state index in [9.17, 15) is 18.8 Å². The first-order valence-electron chi connectivity index (χ1n) is 11.3. The smallest absolute Gasteiger partial charge is 0.411 e. The molecule has 2 atom stereocenters.